The van der Waals surface area contributed by atoms with Gasteiger partial charge in [0.05, 0.1) is 10.8 Å². The Morgan fingerprint density at radius 3 is 2.84 bits per heavy atom. The van der Waals surface area contributed by atoms with Gasteiger partial charge in [-0.15, -0.1) is 5.10 Å². The standard InChI is InChI=1S/C16H11Cl2IN4OS/c17-9-4-5-12(13(18)6-9)15-21-16(23-22-15)25-8-14(24)20-11-3-1-2-10(19)7-11/h1-7H,8H2,(H,20,24)(H,21,22,23). The Kier molecular flexibility index (Phi) is 6.21. The van der Waals surface area contributed by atoms with Crippen LogP contribution in [0.4, 0.5) is 5.69 Å². The van der Waals surface area contributed by atoms with Crippen LogP contribution in [-0.4, -0.2) is 26.8 Å². The van der Waals surface area contributed by atoms with Gasteiger partial charge in [-0.2, -0.15) is 0 Å². The number of H-pyrrole nitrogens is 1. The smallest absolute Gasteiger partial charge is 0.234 e. The van der Waals surface area contributed by atoms with Gasteiger partial charge in [-0.3, -0.25) is 9.89 Å². The minimum absolute atomic E-state index is 0.122. The van der Waals surface area contributed by atoms with Crippen LogP contribution < -0.4 is 5.32 Å². The summed E-state index contributed by atoms with van der Waals surface area (Å²) in [6.07, 6.45) is 0. The lowest BCUT2D eigenvalue weighted by Gasteiger charge is -2.04. The van der Waals surface area contributed by atoms with Gasteiger partial charge in [0, 0.05) is 19.8 Å². The molecule has 0 unspecified atom stereocenters. The maximum absolute atomic E-state index is 12.0. The molecule has 3 rings (SSSR count). The van der Waals surface area contributed by atoms with E-state index in [1.807, 2.05) is 24.3 Å². The number of carbonyl (C=O) groups is 1. The summed E-state index contributed by atoms with van der Waals surface area (Å²) in [7, 11) is 0. The van der Waals surface area contributed by atoms with Crippen LogP contribution in [0.25, 0.3) is 11.4 Å². The first-order valence-corrected chi connectivity index (χ1v) is 9.89. The third-order valence-corrected chi connectivity index (χ3v) is 5.16. The van der Waals surface area contributed by atoms with E-state index in [2.05, 4.69) is 43.1 Å². The Morgan fingerprint density at radius 1 is 1.24 bits per heavy atom. The molecule has 0 atom stereocenters. The molecule has 2 N–H and O–H groups in total. The van der Waals surface area contributed by atoms with Crippen LogP contribution in [0.15, 0.2) is 47.6 Å². The Hall–Kier alpha value is -1.29. The molecule has 0 aliphatic heterocycles. The maximum atomic E-state index is 12.0. The van der Waals surface area contributed by atoms with Gasteiger partial charge in [0.1, 0.15) is 0 Å². The van der Waals surface area contributed by atoms with Gasteiger partial charge in [0.15, 0.2) is 5.82 Å². The first-order chi connectivity index (χ1) is 12.0. The molecule has 1 aromatic heterocycles. The highest BCUT2D eigenvalue weighted by molar-refractivity contribution is 14.1. The molecule has 0 aliphatic carbocycles. The molecular formula is C16H11Cl2IN4OS. The average Bonchev–Trinajstić information content (AvgIpc) is 3.01. The number of anilines is 1. The van der Waals surface area contributed by atoms with Gasteiger partial charge in [0.25, 0.3) is 0 Å². The molecule has 0 fully saturated rings. The predicted octanol–water partition coefficient (Wildman–Crippen LogP) is 5.11. The van der Waals surface area contributed by atoms with E-state index in [1.54, 1.807) is 18.2 Å². The number of nitrogens with zero attached hydrogens (tertiary/aromatic N) is 2. The molecule has 2 aromatic carbocycles. The van der Waals surface area contributed by atoms with Crippen LogP contribution in [0.5, 0.6) is 0 Å². The minimum Gasteiger partial charge on any atom is -0.325 e. The first-order valence-electron chi connectivity index (χ1n) is 7.07. The summed E-state index contributed by atoms with van der Waals surface area (Å²) >= 11 is 15.5. The van der Waals surface area contributed by atoms with Crippen molar-refractivity contribution in [1.82, 2.24) is 15.2 Å². The molecule has 0 bridgehead atoms. The lowest BCUT2D eigenvalue weighted by Crippen LogP contribution is -2.14. The van der Waals surface area contributed by atoms with E-state index in [1.165, 1.54) is 11.8 Å². The van der Waals surface area contributed by atoms with Gasteiger partial charge >= 0.3 is 0 Å². The van der Waals surface area contributed by atoms with Gasteiger partial charge in [0.2, 0.25) is 11.1 Å². The molecule has 128 valence electrons. The van der Waals surface area contributed by atoms with E-state index in [0.29, 0.717) is 26.6 Å². The number of carbonyl (C=O) groups excluding carboxylic acids is 1. The van der Waals surface area contributed by atoms with Crippen molar-refractivity contribution in [2.45, 2.75) is 5.16 Å². The van der Waals surface area contributed by atoms with Crippen molar-refractivity contribution in [3.8, 4) is 11.4 Å². The molecule has 3 aromatic rings. The maximum Gasteiger partial charge on any atom is 0.234 e. The summed E-state index contributed by atoms with van der Waals surface area (Å²) < 4.78 is 1.06. The molecule has 0 radical (unpaired) electrons. The van der Waals surface area contributed by atoms with Crippen LogP contribution >= 0.6 is 57.6 Å². The lowest BCUT2D eigenvalue weighted by molar-refractivity contribution is -0.113. The fourth-order valence-electron chi connectivity index (χ4n) is 2.01. The predicted molar refractivity (Wildman–Crippen MR) is 110 cm³/mol. The summed E-state index contributed by atoms with van der Waals surface area (Å²) in [5, 5.41) is 11.3. The van der Waals surface area contributed by atoms with E-state index < -0.39 is 0 Å². The number of thioether (sulfide) groups is 1. The van der Waals surface area contributed by atoms with Crippen molar-refractivity contribution in [2.75, 3.05) is 11.1 Å². The van der Waals surface area contributed by atoms with Crippen LogP contribution in [0, 0.1) is 3.57 Å². The highest BCUT2D eigenvalue weighted by Gasteiger charge is 2.12. The number of halogens is 3. The van der Waals surface area contributed by atoms with Crippen molar-refractivity contribution in [2.24, 2.45) is 0 Å². The van der Waals surface area contributed by atoms with Crippen molar-refractivity contribution < 1.29 is 4.79 Å². The van der Waals surface area contributed by atoms with E-state index in [4.69, 9.17) is 23.2 Å². The second kappa shape index (κ2) is 8.39. The minimum atomic E-state index is -0.122. The number of amides is 1. The molecule has 0 saturated carbocycles. The Bertz CT molecular complexity index is 919. The van der Waals surface area contributed by atoms with E-state index in [-0.39, 0.29) is 11.7 Å². The highest BCUT2D eigenvalue weighted by Crippen LogP contribution is 2.29. The Morgan fingerprint density at radius 2 is 2.08 bits per heavy atom. The number of benzene rings is 2. The molecule has 5 nitrogen and oxygen atoms in total. The molecular weight excluding hydrogens is 494 g/mol. The lowest BCUT2D eigenvalue weighted by atomic mass is 10.2. The molecule has 25 heavy (non-hydrogen) atoms. The molecule has 9 heteroatoms. The van der Waals surface area contributed by atoms with Crippen molar-refractivity contribution >= 4 is 69.1 Å². The first kappa shape index (κ1) is 18.5. The van der Waals surface area contributed by atoms with E-state index >= 15 is 0 Å². The molecule has 0 aliphatic rings. The summed E-state index contributed by atoms with van der Waals surface area (Å²) in [6, 6.07) is 12.7. The van der Waals surface area contributed by atoms with Gasteiger partial charge in [-0.25, -0.2) is 4.98 Å². The van der Waals surface area contributed by atoms with Crippen LogP contribution in [-0.2, 0) is 4.79 Å². The Balaban J connectivity index is 1.61. The average molecular weight is 505 g/mol. The molecule has 1 heterocycles. The summed E-state index contributed by atoms with van der Waals surface area (Å²) in [5.41, 5.74) is 1.47. The second-order valence-electron chi connectivity index (χ2n) is 4.94. The SMILES string of the molecule is O=C(CSc1n[nH]c(-c2ccc(Cl)cc2Cl)n1)Nc1cccc(I)c1. The number of aromatic nitrogens is 3. The van der Waals surface area contributed by atoms with Gasteiger partial charge < -0.3 is 5.32 Å². The van der Waals surface area contributed by atoms with E-state index in [0.717, 1.165) is 9.26 Å². The zero-order valence-electron chi connectivity index (χ0n) is 12.6. The third-order valence-electron chi connectivity index (χ3n) is 3.09. The number of hydrogen-bond donors (Lipinski definition) is 2. The van der Waals surface area contributed by atoms with E-state index in [9.17, 15) is 4.79 Å². The number of nitrogens with one attached hydrogen (secondary N) is 2. The zero-order chi connectivity index (χ0) is 17.8. The summed E-state index contributed by atoms with van der Waals surface area (Å²) in [5.74, 6) is 0.613. The molecule has 1 amide bonds. The number of aromatic amines is 1. The fourth-order valence-corrected chi connectivity index (χ4v) is 3.65. The molecule has 0 spiro atoms. The third kappa shape index (κ3) is 5.10. The highest BCUT2D eigenvalue weighted by atomic mass is 127. The van der Waals surface area contributed by atoms with Gasteiger partial charge in [-0.05, 0) is 59.0 Å². The summed E-state index contributed by atoms with van der Waals surface area (Å²) in [6.45, 7) is 0. The topological polar surface area (TPSA) is 70.7 Å². The normalized spacial score (nSPS) is 10.7. The van der Waals surface area contributed by atoms with Crippen molar-refractivity contribution in [3.05, 3.63) is 56.1 Å². The summed E-state index contributed by atoms with van der Waals surface area (Å²) in [4.78, 5) is 16.4. The second-order valence-corrected chi connectivity index (χ2v) is 7.97. The zero-order valence-corrected chi connectivity index (χ0v) is 17.1. The quantitative estimate of drug-likeness (QED) is 0.374. The fraction of sp³-hybridized carbons (Fsp3) is 0.0625. The van der Waals surface area contributed by atoms with Crippen LogP contribution in [0.2, 0.25) is 10.0 Å². The number of rotatable bonds is 5. The largest absolute Gasteiger partial charge is 0.325 e. The van der Waals surface area contributed by atoms with Crippen LogP contribution in [0.3, 0.4) is 0 Å². The van der Waals surface area contributed by atoms with Crippen molar-refractivity contribution in [3.63, 3.8) is 0 Å². The van der Waals surface area contributed by atoms with Crippen molar-refractivity contribution in [1.29, 1.82) is 0 Å². The number of hydrogen-bond acceptors (Lipinski definition) is 4. The van der Waals surface area contributed by atoms with Gasteiger partial charge in [-0.1, -0.05) is 41.0 Å². The Labute approximate surface area is 172 Å². The van der Waals surface area contributed by atoms with Crippen LogP contribution in [0.1, 0.15) is 0 Å². The monoisotopic (exact) mass is 504 g/mol. The molecule has 0 saturated heterocycles.